The van der Waals surface area contributed by atoms with E-state index in [1.165, 1.54) is 24.3 Å². The van der Waals surface area contributed by atoms with Gasteiger partial charge < -0.3 is 19.2 Å². The van der Waals surface area contributed by atoms with E-state index in [-0.39, 0.29) is 29.1 Å². The lowest BCUT2D eigenvalue weighted by molar-refractivity contribution is 0.0917. The zero-order chi connectivity index (χ0) is 18.9. The average Bonchev–Trinajstić information content (AvgIpc) is 3.36. The summed E-state index contributed by atoms with van der Waals surface area (Å²) in [6.07, 6.45) is 0. The van der Waals surface area contributed by atoms with Crippen LogP contribution >= 0.6 is 0 Å². The highest BCUT2D eigenvalue weighted by Crippen LogP contribution is 2.32. The molecular weight excluding hydrogens is 370 g/mol. The number of hydrogen-bond acceptors (Lipinski definition) is 6. The number of furan rings is 1. The predicted octanol–water partition coefficient (Wildman–Crippen LogP) is 2.77. The summed E-state index contributed by atoms with van der Waals surface area (Å²) in [7, 11) is -3.80. The maximum atomic E-state index is 12.5. The Labute approximate surface area is 155 Å². The number of hydrogen-bond donors (Lipinski definition) is 1. The minimum absolute atomic E-state index is 0.0785. The van der Waals surface area contributed by atoms with Gasteiger partial charge in [0.15, 0.2) is 17.3 Å². The summed E-state index contributed by atoms with van der Waals surface area (Å²) < 4.78 is 40.8. The second kappa shape index (κ2) is 6.81. The first kappa shape index (κ1) is 17.2. The molecule has 7 nitrogen and oxygen atoms in total. The maximum Gasteiger partial charge on any atom is 0.287 e. The van der Waals surface area contributed by atoms with Gasteiger partial charge in [0.2, 0.25) is 21.7 Å². The number of amides is 1. The molecule has 0 radical (unpaired) electrons. The van der Waals surface area contributed by atoms with Crippen LogP contribution in [0.25, 0.3) is 0 Å². The lowest BCUT2D eigenvalue weighted by atomic mass is 10.2. The van der Waals surface area contributed by atoms with Gasteiger partial charge in [0, 0.05) is 6.54 Å². The Balaban J connectivity index is 1.46. The Morgan fingerprint density at radius 1 is 0.963 bits per heavy atom. The van der Waals surface area contributed by atoms with E-state index in [4.69, 9.17) is 13.9 Å². The van der Waals surface area contributed by atoms with Gasteiger partial charge in [0.1, 0.15) is 0 Å². The lowest BCUT2D eigenvalue weighted by Gasteiger charge is -2.05. The van der Waals surface area contributed by atoms with E-state index in [1.54, 1.807) is 36.4 Å². The van der Waals surface area contributed by atoms with E-state index in [1.807, 2.05) is 0 Å². The summed E-state index contributed by atoms with van der Waals surface area (Å²) in [4.78, 5) is 12.4. The van der Waals surface area contributed by atoms with E-state index >= 15 is 0 Å². The average molecular weight is 385 g/mol. The van der Waals surface area contributed by atoms with E-state index < -0.39 is 15.7 Å². The van der Waals surface area contributed by atoms with Crippen molar-refractivity contribution in [3.63, 3.8) is 0 Å². The minimum atomic E-state index is -3.80. The molecule has 0 saturated heterocycles. The summed E-state index contributed by atoms with van der Waals surface area (Å²) in [5.74, 6) is 0.690. The number of ether oxygens (including phenoxy) is 2. The molecule has 1 amide bonds. The van der Waals surface area contributed by atoms with Crippen molar-refractivity contribution in [2.75, 3.05) is 6.79 Å². The van der Waals surface area contributed by atoms with Crippen molar-refractivity contribution in [2.45, 2.75) is 16.5 Å². The number of carbonyl (C=O) groups excluding carboxylic acids is 1. The molecule has 0 unspecified atom stereocenters. The summed E-state index contributed by atoms with van der Waals surface area (Å²) >= 11 is 0. The fraction of sp³-hybridized carbons (Fsp3) is 0.105. The molecule has 0 fully saturated rings. The topological polar surface area (TPSA) is 94.8 Å². The van der Waals surface area contributed by atoms with Crippen molar-refractivity contribution >= 4 is 15.7 Å². The predicted molar refractivity (Wildman–Crippen MR) is 94.3 cm³/mol. The second-order valence-corrected chi connectivity index (χ2v) is 7.69. The normalized spacial score (nSPS) is 12.7. The summed E-state index contributed by atoms with van der Waals surface area (Å²) in [6.45, 7) is 0.410. The molecule has 2 heterocycles. The van der Waals surface area contributed by atoms with Gasteiger partial charge in [-0.05, 0) is 42.0 Å². The maximum absolute atomic E-state index is 12.5. The van der Waals surface area contributed by atoms with Crippen molar-refractivity contribution in [1.29, 1.82) is 0 Å². The lowest BCUT2D eigenvalue weighted by Crippen LogP contribution is -2.22. The molecule has 0 aliphatic carbocycles. The van der Waals surface area contributed by atoms with E-state index in [2.05, 4.69) is 5.32 Å². The number of fused-ring (bicyclic) bond motifs is 1. The molecule has 2 aromatic carbocycles. The molecule has 4 rings (SSSR count). The quantitative estimate of drug-likeness (QED) is 0.726. The van der Waals surface area contributed by atoms with Gasteiger partial charge in [-0.25, -0.2) is 8.42 Å². The number of rotatable bonds is 5. The first-order valence-corrected chi connectivity index (χ1v) is 9.59. The highest BCUT2D eigenvalue weighted by atomic mass is 32.2. The second-order valence-electron chi connectivity index (χ2n) is 5.81. The van der Waals surface area contributed by atoms with Crippen molar-refractivity contribution < 1.29 is 27.1 Å². The van der Waals surface area contributed by atoms with Crippen molar-refractivity contribution in [3.8, 4) is 11.5 Å². The fourth-order valence-electron chi connectivity index (χ4n) is 2.62. The Bertz CT molecular complexity index is 1090. The third-order valence-electron chi connectivity index (χ3n) is 4.01. The number of nitrogens with one attached hydrogen (secondary N) is 1. The molecule has 8 heteroatoms. The molecular formula is C19H15NO6S. The van der Waals surface area contributed by atoms with Gasteiger partial charge in [0.05, 0.1) is 4.90 Å². The molecule has 138 valence electrons. The summed E-state index contributed by atoms with van der Waals surface area (Å²) in [5, 5.41) is 2.41. The molecule has 0 atom stereocenters. The van der Waals surface area contributed by atoms with Crippen LogP contribution in [0.4, 0.5) is 0 Å². The zero-order valence-electron chi connectivity index (χ0n) is 14.0. The number of sulfone groups is 1. The molecule has 1 aliphatic heterocycles. The first-order chi connectivity index (χ1) is 13.0. The first-order valence-electron chi connectivity index (χ1n) is 8.11. The van der Waals surface area contributed by atoms with Crippen LogP contribution in [0, 0.1) is 0 Å². The SMILES string of the molecule is O=C(NCc1ccc2c(c1)OCO2)c1ccc(S(=O)(=O)c2ccccc2)o1. The summed E-state index contributed by atoms with van der Waals surface area (Å²) in [6, 6.07) is 15.9. The fourth-order valence-corrected chi connectivity index (χ4v) is 3.82. The molecule has 0 bridgehead atoms. The highest BCUT2D eigenvalue weighted by Gasteiger charge is 2.23. The third-order valence-corrected chi connectivity index (χ3v) is 5.66. The van der Waals surface area contributed by atoms with Gasteiger partial charge in [-0.3, -0.25) is 4.79 Å². The zero-order valence-corrected chi connectivity index (χ0v) is 14.9. The molecule has 1 aliphatic rings. The van der Waals surface area contributed by atoms with Crippen molar-refractivity contribution in [3.05, 3.63) is 72.0 Å². The Morgan fingerprint density at radius 2 is 1.74 bits per heavy atom. The molecule has 27 heavy (non-hydrogen) atoms. The third kappa shape index (κ3) is 3.39. The van der Waals surface area contributed by atoms with Crippen LogP contribution < -0.4 is 14.8 Å². The van der Waals surface area contributed by atoms with Crippen LogP contribution in [0.15, 0.2) is 75.1 Å². The largest absolute Gasteiger partial charge is 0.454 e. The van der Waals surface area contributed by atoms with E-state index in [0.29, 0.717) is 11.5 Å². The van der Waals surface area contributed by atoms with E-state index in [9.17, 15) is 13.2 Å². The van der Waals surface area contributed by atoms with E-state index in [0.717, 1.165) is 5.56 Å². The molecule has 0 spiro atoms. The summed E-state index contributed by atoms with van der Waals surface area (Å²) in [5.41, 5.74) is 0.816. The molecule has 1 aromatic heterocycles. The van der Waals surface area contributed by atoms with Crippen molar-refractivity contribution in [2.24, 2.45) is 0 Å². The van der Waals surface area contributed by atoms with Gasteiger partial charge in [-0.2, -0.15) is 0 Å². The van der Waals surface area contributed by atoms with Crippen LogP contribution in [0.3, 0.4) is 0 Å². The van der Waals surface area contributed by atoms with Crippen molar-refractivity contribution in [1.82, 2.24) is 5.32 Å². The van der Waals surface area contributed by atoms with Gasteiger partial charge in [0.25, 0.3) is 5.91 Å². The number of carbonyl (C=O) groups is 1. The van der Waals surface area contributed by atoms with Gasteiger partial charge in [-0.1, -0.05) is 24.3 Å². The molecule has 1 N–H and O–H groups in total. The monoisotopic (exact) mass is 385 g/mol. The smallest absolute Gasteiger partial charge is 0.287 e. The van der Waals surface area contributed by atoms with Crippen LogP contribution in [0.2, 0.25) is 0 Å². The molecule has 3 aromatic rings. The Kier molecular flexibility index (Phi) is 4.33. The van der Waals surface area contributed by atoms with Crippen LogP contribution in [-0.2, 0) is 16.4 Å². The van der Waals surface area contributed by atoms with Crippen LogP contribution in [0.1, 0.15) is 16.1 Å². The molecule has 0 saturated carbocycles. The van der Waals surface area contributed by atoms with Crippen LogP contribution in [0.5, 0.6) is 11.5 Å². The van der Waals surface area contributed by atoms with Crippen LogP contribution in [-0.4, -0.2) is 21.1 Å². The Morgan fingerprint density at radius 3 is 2.56 bits per heavy atom. The standard InChI is InChI=1S/C19H15NO6S/c21-19(20-11-13-6-7-15-17(10-13)25-12-24-15)16-8-9-18(26-16)27(22,23)14-4-2-1-3-5-14/h1-10H,11-12H2,(H,20,21). The number of benzene rings is 2. The van der Waals surface area contributed by atoms with Gasteiger partial charge in [-0.15, -0.1) is 0 Å². The highest BCUT2D eigenvalue weighted by molar-refractivity contribution is 7.91. The minimum Gasteiger partial charge on any atom is -0.454 e. The Hall–Kier alpha value is -3.26. The van der Waals surface area contributed by atoms with Gasteiger partial charge >= 0.3 is 0 Å².